The van der Waals surface area contributed by atoms with E-state index in [1.807, 2.05) is 0 Å². The highest BCUT2D eigenvalue weighted by atomic mass is 32.2. The van der Waals surface area contributed by atoms with Crippen molar-refractivity contribution in [3.05, 3.63) is 17.1 Å². The number of hydrogen-bond donors (Lipinski definition) is 1. The Bertz CT molecular complexity index is 668. The highest BCUT2D eigenvalue weighted by Crippen LogP contribution is 2.39. The number of amides is 1. The van der Waals surface area contributed by atoms with Crippen LogP contribution in [0.1, 0.15) is 79.2 Å². The fraction of sp³-hybridized carbons (Fsp3) is 0.684. The molecule has 1 N–H and O–H groups in total. The molecule has 0 aliphatic heterocycles. The Morgan fingerprint density at radius 2 is 1.81 bits per heavy atom. The summed E-state index contributed by atoms with van der Waals surface area (Å²) in [5, 5.41) is 3.69. The fourth-order valence-electron chi connectivity index (χ4n) is 3.36. The van der Waals surface area contributed by atoms with Gasteiger partial charge in [0.1, 0.15) is 16.4 Å². The Hall–Kier alpha value is -1.63. The Kier molecular flexibility index (Phi) is 6.51. The summed E-state index contributed by atoms with van der Waals surface area (Å²) in [6.45, 7) is 1.80. The Labute approximate surface area is 158 Å². The van der Waals surface area contributed by atoms with Crippen LogP contribution in [0.25, 0.3) is 0 Å². The summed E-state index contributed by atoms with van der Waals surface area (Å²) < 4.78 is 4.88. The molecule has 0 unspecified atom stereocenters. The van der Waals surface area contributed by atoms with Crippen molar-refractivity contribution >= 4 is 23.6 Å². The molecule has 0 atom stereocenters. The number of aromatic nitrogens is 2. The van der Waals surface area contributed by atoms with Crippen molar-refractivity contribution in [2.45, 2.75) is 75.3 Å². The zero-order chi connectivity index (χ0) is 18.5. The number of esters is 1. The summed E-state index contributed by atoms with van der Waals surface area (Å²) >= 11 is 1.30. The largest absolute Gasteiger partial charge is 0.465 e. The van der Waals surface area contributed by atoms with Crippen LogP contribution >= 0.6 is 11.8 Å². The molecule has 2 saturated carbocycles. The Morgan fingerprint density at radius 3 is 2.42 bits per heavy atom. The Morgan fingerprint density at radius 1 is 1.12 bits per heavy atom. The molecule has 1 aromatic rings. The number of aryl methyl sites for hydroxylation is 1. The second kappa shape index (κ2) is 8.84. The molecule has 1 aromatic heterocycles. The standard InChI is InChI=1S/C19H27N3O3S/c1-12-16(19(24)25-2)18(22-17(20-12)13-9-10-13)26-11-15(23)21-14-7-5-3-4-6-8-14/h13-14H,3-11H2,1-2H3,(H,21,23). The van der Waals surface area contributed by atoms with E-state index in [1.165, 1.54) is 44.6 Å². The van der Waals surface area contributed by atoms with Crippen molar-refractivity contribution < 1.29 is 14.3 Å². The van der Waals surface area contributed by atoms with Gasteiger partial charge in [0.2, 0.25) is 5.91 Å². The van der Waals surface area contributed by atoms with E-state index in [-0.39, 0.29) is 17.7 Å². The predicted molar refractivity (Wildman–Crippen MR) is 100 cm³/mol. The van der Waals surface area contributed by atoms with E-state index >= 15 is 0 Å². The van der Waals surface area contributed by atoms with Gasteiger partial charge >= 0.3 is 5.97 Å². The van der Waals surface area contributed by atoms with Crippen LogP contribution in [0.2, 0.25) is 0 Å². The van der Waals surface area contributed by atoms with E-state index in [0.717, 1.165) is 31.5 Å². The lowest BCUT2D eigenvalue weighted by molar-refractivity contribution is -0.119. The molecule has 0 radical (unpaired) electrons. The van der Waals surface area contributed by atoms with Crippen LogP contribution in [0, 0.1) is 6.92 Å². The molecular weight excluding hydrogens is 350 g/mol. The summed E-state index contributed by atoms with van der Waals surface area (Å²) in [6, 6.07) is 0.278. The summed E-state index contributed by atoms with van der Waals surface area (Å²) in [5.41, 5.74) is 1.00. The third-order valence-corrected chi connectivity index (χ3v) is 5.94. The number of methoxy groups -OCH3 is 1. The first kappa shape index (κ1) is 19.1. The van der Waals surface area contributed by atoms with Crippen LogP contribution in [0.3, 0.4) is 0 Å². The smallest absolute Gasteiger partial charge is 0.342 e. The van der Waals surface area contributed by atoms with E-state index in [2.05, 4.69) is 15.3 Å². The second-order valence-corrected chi connectivity index (χ2v) is 8.12. The summed E-state index contributed by atoms with van der Waals surface area (Å²) in [7, 11) is 1.35. The van der Waals surface area contributed by atoms with Crippen molar-refractivity contribution in [1.29, 1.82) is 0 Å². The maximum atomic E-state index is 12.4. The molecule has 142 valence electrons. The molecule has 26 heavy (non-hydrogen) atoms. The molecule has 0 spiro atoms. The van der Waals surface area contributed by atoms with Crippen LogP contribution in [0.15, 0.2) is 5.03 Å². The lowest BCUT2D eigenvalue weighted by Crippen LogP contribution is -2.35. The number of rotatable bonds is 6. The minimum atomic E-state index is -0.448. The number of thioether (sulfide) groups is 1. The van der Waals surface area contributed by atoms with Gasteiger partial charge in [0.25, 0.3) is 0 Å². The minimum absolute atomic E-state index is 0.00181. The monoisotopic (exact) mass is 377 g/mol. The van der Waals surface area contributed by atoms with E-state index in [0.29, 0.717) is 22.2 Å². The van der Waals surface area contributed by atoms with E-state index in [4.69, 9.17) is 4.74 Å². The normalized spacial score (nSPS) is 18.2. The second-order valence-electron chi connectivity index (χ2n) is 7.16. The molecule has 1 heterocycles. The first-order valence-corrected chi connectivity index (χ1v) is 10.5. The van der Waals surface area contributed by atoms with Gasteiger partial charge in [-0.05, 0) is 32.6 Å². The minimum Gasteiger partial charge on any atom is -0.465 e. The first-order chi connectivity index (χ1) is 12.6. The van der Waals surface area contributed by atoms with Gasteiger partial charge in [-0.3, -0.25) is 4.79 Å². The van der Waals surface area contributed by atoms with Gasteiger partial charge in [0, 0.05) is 12.0 Å². The highest BCUT2D eigenvalue weighted by molar-refractivity contribution is 8.00. The average Bonchev–Trinajstić information content (AvgIpc) is 3.46. The molecule has 2 fully saturated rings. The Balaban J connectivity index is 1.67. The van der Waals surface area contributed by atoms with Crippen molar-refractivity contribution in [3.8, 4) is 0 Å². The van der Waals surface area contributed by atoms with Crippen LogP contribution in [-0.2, 0) is 9.53 Å². The van der Waals surface area contributed by atoms with Crippen molar-refractivity contribution in [2.24, 2.45) is 0 Å². The van der Waals surface area contributed by atoms with Crippen LogP contribution < -0.4 is 5.32 Å². The highest BCUT2D eigenvalue weighted by Gasteiger charge is 2.30. The van der Waals surface area contributed by atoms with Gasteiger partial charge < -0.3 is 10.1 Å². The van der Waals surface area contributed by atoms with Crippen LogP contribution in [-0.4, -0.2) is 40.7 Å². The number of nitrogens with zero attached hydrogens (tertiary/aromatic N) is 2. The molecule has 0 aromatic carbocycles. The van der Waals surface area contributed by atoms with Crippen LogP contribution in [0.4, 0.5) is 0 Å². The van der Waals surface area contributed by atoms with Crippen molar-refractivity contribution in [3.63, 3.8) is 0 Å². The maximum absolute atomic E-state index is 12.4. The topological polar surface area (TPSA) is 81.2 Å². The SMILES string of the molecule is COC(=O)c1c(C)nc(C2CC2)nc1SCC(=O)NC1CCCCCC1. The van der Waals surface area contributed by atoms with Crippen molar-refractivity contribution in [1.82, 2.24) is 15.3 Å². The van der Waals surface area contributed by atoms with Gasteiger partial charge in [0.15, 0.2) is 0 Å². The summed E-state index contributed by atoms with van der Waals surface area (Å²) in [6.07, 6.45) is 9.17. The third-order valence-electron chi connectivity index (χ3n) is 4.97. The summed E-state index contributed by atoms with van der Waals surface area (Å²) in [5.74, 6) is 0.973. The fourth-order valence-corrected chi connectivity index (χ4v) is 4.24. The molecule has 0 saturated heterocycles. The van der Waals surface area contributed by atoms with E-state index in [9.17, 15) is 9.59 Å². The van der Waals surface area contributed by atoms with Gasteiger partial charge in [-0.1, -0.05) is 37.4 Å². The molecule has 2 aliphatic rings. The van der Waals surface area contributed by atoms with Crippen molar-refractivity contribution in [2.75, 3.05) is 12.9 Å². The van der Waals surface area contributed by atoms with Gasteiger partial charge in [-0.15, -0.1) is 0 Å². The lowest BCUT2D eigenvalue weighted by Gasteiger charge is -2.16. The van der Waals surface area contributed by atoms with Gasteiger partial charge in [0.05, 0.1) is 18.6 Å². The molecule has 7 heteroatoms. The van der Waals surface area contributed by atoms with Crippen LogP contribution in [0.5, 0.6) is 0 Å². The number of nitrogens with one attached hydrogen (secondary N) is 1. The number of carbonyl (C=O) groups is 2. The number of hydrogen-bond acceptors (Lipinski definition) is 6. The molecular formula is C19H27N3O3S. The number of carbonyl (C=O) groups excluding carboxylic acids is 2. The molecule has 3 rings (SSSR count). The quantitative estimate of drug-likeness (QED) is 0.354. The third kappa shape index (κ3) is 4.96. The van der Waals surface area contributed by atoms with Gasteiger partial charge in [-0.25, -0.2) is 14.8 Å². The zero-order valence-corrected chi connectivity index (χ0v) is 16.4. The lowest BCUT2D eigenvalue weighted by atomic mass is 10.1. The average molecular weight is 378 g/mol. The number of ether oxygens (including phenoxy) is 1. The predicted octanol–water partition coefficient (Wildman–Crippen LogP) is 3.38. The zero-order valence-electron chi connectivity index (χ0n) is 15.5. The van der Waals surface area contributed by atoms with E-state index < -0.39 is 5.97 Å². The van der Waals surface area contributed by atoms with E-state index in [1.54, 1.807) is 6.92 Å². The summed E-state index contributed by atoms with van der Waals surface area (Å²) in [4.78, 5) is 33.5. The molecule has 1 amide bonds. The maximum Gasteiger partial charge on any atom is 0.342 e. The molecule has 6 nitrogen and oxygen atoms in total. The molecule has 2 aliphatic carbocycles. The first-order valence-electron chi connectivity index (χ1n) is 9.47. The van der Waals surface area contributed by atoms with Gasteiger partial charge in [-0.2, -0.15) is 0 Å². The molecule has 0 bridgehead atoms.